The SMILES string of the molecule is CC(C)(C)c1ccc(C2(c3ccc(C(C)(C)C)cc3)c3cc(-c4cccc5ccccc45)ccc3-c3ccc4c(oc5cc(-c6cccc7ccccc67)c6ccccc6c54)c32)cc1. The molecular weight excluding hydrogens is 773 g/mol. The van der Waals surface area contributed by atoms with Gasteiger partial charge in [-0.05, 0) is 123 Å². The summed E-state index contributed by atoms with van der Waals surface area (Å²) in [5, 5.41) is 9.67. The van der Waals surface area contributed by atoms with Crippen molar-refractivity contribution in [2.24, 2.45) is 0 Å². The first-order chi connectivity index (χ1) is 31.0. The molecule has 0 unspecified atom stereocenters. The van der Waals surface area contributed by atoms with E-state index in [2.05, 4.69) is 236 Å². The highest BCUT2D eigenvalue weighted by Gasteiger charge is 2.49. The van der Waals surface area contributed by atoms with Crippen molar-refractivity contribution in [2.75, 3.05) is 0 Å². The minimum absolute atomic E-state index is 0.00191. The Morgan fingerprint density at radius 2 is 0.891 bits per heavy atom. The van der Waals surface area contributed by atoms with Crippen molar-refractivity contribution in [3.05, 3.63) is 228 Å². The van der Waals surface area contributed by atoms with E-state index in [1.54, 1.807) is 0 Å². The van der Waals surface area contributed by atoms with Crippen LogP contribution in [0.4, 0.5) is 0 Å². The van der Waals surface area contributed by atoms with Gasteiger partial charge in [0.15, 0.2) is 0 Å². The standard InChI is InChI=1S/C63H50O/c1-61(2,3)42-26-30-44(31-27-42)63(45-32-28-43(29-33-45)62(4,5)6)56-37-41(48-23-13-17-39-15-7-9-19-46(39)48)25-34-51(56)53-35-36-54-58-52-22-12-11-21-50(52)55(38-57(58)64-60(54)59(53)63)49-24-14-18-40-16-8-10-20-47(40)49/h7-38H,1-6H3. The molecule has 1 heteroatoms. The van der Waals surface area contributed by atoms with Crippen molar-refractivity contribution in [3.63, 3.8) is 0 Å². The largest absolute Gasteiger partial charge is 0.456 e. The van der Waals surface area contributed by atoms with Crippen molar-refractivity contribution in [1.82, 2.24) is 0 Å². The monoisotopic (exact) mass is 822 g/mol. The van der Waals surface area contributed by atoms with Crippen LogP contribution in [0, 0.1) is 0 Å². The van der Waals surface area contributed by atoms with E-state index >= 15 is 0 Å². The predicted octanol–water partition coefficient (Wildman–Crippen LogP) is 17.3. The summed E-state index contributed by atoms with van der Waals surface area (Å²) >= 11 is 0. The van der Waals surface area contributed by atoms with Crippen LogP contribution in [0.25, 0.3) is 87.6 Å². The first-order valence-electron chi connectivity index (χ1n) is 22.7. The molecule has 0 radical (unpaired) electrons. The molecule has 1 nitrogen and oxygen atoms in total. The molecule has 0 amide bonds. The smallest absolute Gasteiger partial charge is 0.140 e. The van der Waals surface area contributed by atoms with Crippen molar-refractivity contribution in [1.29, 1.82) is 0 Å². The summed E-state index contributed by atoms with van der Waals surface area (Å²) in [6.45, 7) is 13.8. The van der Waals surface area contributed by atoms with Crippen LogP contribution in [0.5, 0.6) is 0 Å². The van der Waals surface area contributed by atoms with Gasteiger partial charge >= 0.3 is 0 Å². The third-order valence-corrected chi connectivity index (χ3v) is 14.3. The molecule has 0 atom stereocenters. The van der Waals surface area contributed by atoms with E-state index in [1.165, 1.54) is 99.1 Å². The lowest BCUT2D eigenvalue weighted by Crippen LogP contribution is -2.29. The third kappa shape index (κ3) is 5.63. The molecule has 0 bridgehead atoms. The Bertz CT molecular complexity index is 3590. The molecule has 12 rings (SSSR count). The predicted molar refractivity (Wildman–Crippen MR) is 272 cm³/mol. The second kappa shape index (κ2) is 13.9. The van der Waals surface area contributed by atoms with E-state index in [1.807, 2.05) is 0 Å². The van der Waals surface area contributed by atoms with Crippen LogP contribution in [0.15, 0.2) is 199 Å². The van der Waals surface area contributed by atoms with Gasteiger partial charge in [-0.2, -0.15) is 0 Å². The van der Waals surface area contributed by atoms with E-state index < -0.39 is 5.41 Å². The maximum atomic E-state index is 7.54. The van der Waals surface area contributed by atoms with Gasteiger partial charge in [0.25, 0.3) is 0 Å². The van der Waals surface area contributed by atoms with Gasteiger partial charge in [0.1, 0.15) is 11.2 Å². The molecule has 11 aromatic rings. The van der Waals surface area contributed by atoms with Crippen molar-refractivity contribution < 1.29 is 4.42 Å². The van der Waals surface area contributed by atoms with E-state index in [0.717, 1.165) is 21.9 Å². The fourth-order valence-corrected chi connectivity index (χ4v) is 11.1. The number of furan rings is 1. The van der Waals surface area contributed by atoms with Crippen LogP contribution in [-0.4, -0.2) is 0 Å². The summed E-state index contributed by atoms with van der Waals surface area (Å²) in [6.07, 6.45) is 0. The minimum atomic E-state index is -0.709. The van der Waals surface area contributed by atoms with Gasteiger partial charge < -0.3 is 4.42 Å². The normalized spacial score (nSPS) is 13.6. The molecule has 0 fully saturated rings. The molecule has 1 aromatic heterocycles. The number of hydrogen-bond donors (Lipinski definition) is 0. The van der Waals surface area contributed by atoms with Crippen LogP contribution in [-0.2, 0) is 16.2 Å². The van der Waals surface area contributed by atoms with E-state index in [9.17, 15) is 0 Å². The molecular formula is C63H50O. The fraction of sp³-hybridized carbons (Fsp3) is 0.143. The number of benzene rings is 10. The maximum absolute atomic E-state index is 7.54. The lowest BCUT2D eigenvalue weighted by molar-refractivity contribution is 0.588. The van der Waals surface area contributed by atoms with Crippen LogP contribution < -0.4 is 0 Å². The molecule has 1 aliphatic carbocycles. The molecule has 0 saturated heterocycles. The average molecular weight is 823 g/mol. The van der Waals surface area contributed by atoms with Crippen molar-refractivity contribution in [2.45, 2.75) is 57.8 Å². The number of fused-ring (bicyclic) bond motifs is 11. The zero-order valence-corrected chi connectivity index (χ0v) is 37.4. The van der Waals surface area contributed by atoms with Gasteiger partial charge in [0, 0.05) is 16.3 Å². The Hall–Kier alpha value is -7.22. The molecule has 0 N–H and O–H groups in total. The van der Waals surface area contributed by atoms with Crippen molar-refractivity contribution >= 4 is 54.3 Å². The maximum Gasteiger partial charge on any atom is 0.140 e. The number of rotatable bonds is 4. The average Bonchev–Trinajstić information content (AvgIpc) is 3.84. The fourth-order valence-electron chi connectivity index (χ4n) is 11.1. The zero-order chi connectivity index (χ0) is 43.5. The molecule has 1 heterocycles. The van der Waals surface area contributed by atoms with Gasteiger partial charge in [-0.25, -0.2) is 0 Å². The van der Waals surface area contributed by atoms with Crippen LogP contribution in [0.3, 0.4) is 0 Å². The van der Waals surface area contributed by atoms with E-state index in [4.69, 9.17) is 4.42 Å². The van der Waals surface area contributed by atoms with Gasteiger partial charge in [0.2, 0.25) is 0 Å². The lowest BCUT2D eigenvalue weighted by Gasteiger charge is -2.35. The third-order valence-electron chi connectivity index (χ3n) is 14.3. The molecule has 0 aliphatic heterocycles. The van der Waals surface area contributed by atoms with Crippen LogP contribution >= 0.6 is 0 Å². The van der Waals surface area contributed by atoms with Gasteiger partial charge in [-0.1, -0.05) is 217 Å². The second-order valence-electron chi connectivity index (χ2n) is 20.0. The lowest BCUT2D eigenvalue weighted by atomic mass is 9.66. The van der Waals surface area contributed by atoms with Gasteiger partial charge in [-0.15, -0.1) is 0 Å². The molecule has 308 valence electrons. The summed E-state index contributed by atoms with van der Waals surface area (Å²) in [6, 6.07) is 72.9. The summed E-state index contributed by atoms with van der Waals surface area (Å²) in [5.74, 6) is 0. The summed E-state index contributed by atoms with van der Waals surface area (Å²) in [5.41, 5.74) is 16.0. The Kier molecular flexibility index (Phi) is 8.35. The van der Waals surface area contributed by atoms with E-state index in [-0.39, 0.29) is 10.8 Å². The highest BCUT2D eigenvalue weighted by molar-refractivity contribution is 6.24. The summed E-state index contributed by atoms with van der Waals surface area (Å²) in [4.78, 5) is 0. The topological polar surface area (TPSA) is 13.1 Å². The quantitative estimate of drug-likeness (QED) is 0.172. The Balaban J connectivity index is 1.22. The van der Waals surface area contributed by atoms with Crippen molar-refractivity contribution in [3.8, 4) is 33.4 Å². The highest BCUT2D eigenvalue weighted by atomic mass is 16.3. The first kappa shape index (κ1) is 38.5. The van der Waals surface area contributed by atoms with Gasteiger partial charge in [-0.3, -0.25) is 0 Å². The number of hydrogen-bond acceptors (Lipinski definition) is 1. The first-order valence-corrected chi connectivity index (χ1v) is 22.7. The molecule has 0 spiro atoms. The van der Waals surface area contributed by atoms with Crippen LogP contribution in [0.2, 0.25) is 0 Å². The molecule has 10 aromatic carbocycles. The summed E-state index contributed by atoms with van der Waals surface area (Å²) < 4.78 is 7.54. The second-order valence-corrected chi connectivity index (χ2v) is 20.0. The molecule has 0 saturated carbocycles. The Labute approximate surface area is 375 Å². The summed E-state index contributed by atoms with van der Waals surface area (Å²) in [7, 11) is 0. The highest BCUT2D eigenvalue weighted by Crippen LogP contribution is 2.60. The van der Waals surface area contributed by atoms with E-state index in [0.29, 0.717) is 0 Å². The molecule has 1 aliphatic rings. The minimum Gasteiger partial charge on any atom is -0.456 e. The zero-order valence-electron chi connectivity index (χ0n) is 37.4. The van der Waals surface area contributed by atoms with Gasteiger partial charge in [0.05, 0.1) is 5.41 Å². The van der Waals surface area contributed by atoms with Crippen LogP contribution in [0.1, 0.15) is 74.9 Å². The Morgan fingerprint density at radius 1 is 0.375 bits per heavy atom. The Morgan fingerprint density at radius 3 is 1.50 bits per heavy atom. The molecule has 64 heavy (non-hydrogen) atoms.